The van der Waals surface area contributed by atoms with E-state index in [0.29, 0.717) is 16.9 Å². The van der Waals surface area contributed by atoms with Crippen molar-refractivity contribution in [2.75, 3.05) is 13.7 Å². The van der Waals surface area contributed by atoms with Crippen molar-refractivity contribution in [2.45, 2.75) is 6.61 Å². The first-order chi connectivity index (χ1) is 14.4. The molecule has 0 aromatic heterocycles. The molecule has 0 saturated heterocycles. The monoisotopic (exact) mass is 419 g/mol. The normalized spacial score (nSPS) is 14.5. The zero-order valence-corrected chi connectivity index (χ0v) is 15.5. The van der Waals surface area contributed by atoms with Crippen molar-refractivity contribution in [2.24, 2.45) is 4.99 Å². The van der Waals surface area contributed by atoms with E-state index in [1.165, 1.54) is 31.4 Å². The highest BCUT2D eigenvalue weighted by Gasteiger charge is 2.25. The van der Waals surface area contributed by atoms with Gasteiger partial charge in [0.15, 0.2) is 23.8 Å². The van der Waals surface area contributed by atoms with E-state index < -0.39 is 25.2 Å². The predicted molar refractivity (Wildman–Crippen MR) is 99.8 cm³/mol. The molecule has 1 heterocycles. The first-order valence-electron chi connectivity index (χ1n) is 8.46. The van der Waals surface area contributed by atoms with Gasteiger partial charge in [0.05, 0.1) is 7.11 Å². The molecular weight excluding hydrogens is 404 g/mol. The standard InChI is InChI=1S/C20H15F2NO7/c1-27-16-9-12(4-7-15(16)29-20(21)22)18-23-14(19(26)30-18)8-11-2-5-13(6-3-11)28-10-17(24)25/h2-9,20H,10H2,1H3,(H,24,25)/b14-8-. The Hall–Kier alpha value is -3.95. The van der Waals surface area contributed by atoms with Gasteiger partial charge in [-0.3, -0.25) is 0 Å². The molecule has 10 heteroatoms. The quantitative estimate of drug-likeness (QED) is 0.518. The zero-order valence-electron chi connectivity index (χ0n) is 15.5. The molecule has 3 rings (SSSR count). The zero-order chi connectivity index (χ0) is 21.7. The second-order valence-electron chi connectivity index (χ2n) is 5.83. The lowest BCUT2D eigenvalue weighted by Gasteiger charge is -2.10. The van der Waals surface area contributed by atoms with Crippen LogP contribution in [-0.2, 0) is 14.3 Å². The summed E-state index contributed by atoms with van der Waals surface area (Å²) >= 11 is 0. The van der Waals surface area contributed by atoms with Crippen molar-refractivity contribution in [1.29, 1.82) is 0 Å². The van der Waals surface area contributed by atoms with Crippen LogP contribution >= 0.6 is 0 Å². The van der Waals surface area contributed by atoms with Crippen molar-refractivity contribution in [3.8, 4) is 17.2 Å². The summed E-state index contributed by atoms with van der Waals surface area (Å²) in [6.07, 6.45) is 1.47. The van der Waals surface area contributed by atoms with Gasteiger partial charge in [-0.2, -0.15) is 8.78 Å². The van der Waals surface area contributed by atoms with E-state index in [9.17, 15) is 18.4 Å². The van der Waals surface area contributed by atoms with Crippen LogP contribution in [0.2, 0.25) is 0 Å². The number of carboxylic acids is 1. The maximum absolute atomic E-state index is 12.4. The fourth-order valence-corrected chi connectivity index (χ4v) is 2.49. The minimum Gasteiger partial charge on any atom is -0.493 e. The van der Waals surface area contributed by atoms with Crippen molar-refractivity contribution in [1.82, 2.24) is 0 Å². The number of methoxy groups -OCH3 is 1. The molecule has 156 valence electrons. The fourth-order valence-electron chi connectivity index (χ4n) is 2.49. The highest BCUT2D eigenvalue weighted by atomic mass is 19.3. The highest BCUT2D eigenvalue weighted by molar-refractivity contribution is 6.13. The van der Waals surface area contributed by atoms with Crippen molar-refractivity contribution < 1.29 is 42.4 Å². The Kier molecular flexibility index (Phi) is 6.26. The van der Waals surface area contributed by atoms with Gasteiger partial charge in [0.25, 0.3) is 0 Å². The van der Waals surface area contributed by atoms with Gasteiger partial charge in [0.1, 0.15) is 5.75 Å². The topological polar surface area (TPSA) is 104 Å². The minimum atomic E-state index is -3.01. The second-order valence-corrected chi connectivity index (χ2v) is 5.83. The van der Waals surface area contributed by atoms with Crippen LogP contribution in [0.5, 0.6) is 17.2 Å². The van der Waals surface area contributed by atoms with Gasteiger partial charge in [0.2, 0.25) is 5.90 Å². The Morgan fingerprint density at radius 3 is 2.57 bits per heavy atom. The van der Waals surface area contributed by atoms with Crippen molar-refractivity contribution in [3.05, 3.63) is 59.3 Å². The number of nitrogens with zero attached hydrogens (tertiary/aromatic N) is 1. The average molecular weight is 419 g/mol. The minimum absolute atomic E-state index is 0.0189. The Balaban J connectivity index is 1.80. The summed E-state index contributed by atoms with van der Waals surface area (Å²) < 4.78 is 44.4. The van der Waals surface area contributed by atoms with Gasteiger partial charge in [-0.1, -0.05) is 12.1 Å². The molecule has 0 bridgehead atoms. The summed E-state index contributed by atoms with van der Waals surface area (Å²) in [5.74, 6) is -1.58. The number of rotatable bonds is 8. The van der Waals surface area contributed by atoms with Gasteiger partial charge >= 0.3 is 18.6 Å². The van der Waals surface area contributed by atoms with Crippen LogP contribution in [0.25, 0.3) is 6.08 Å². The molecule has 0 atom stereocenters. The maximum Gasteiger partial charge on any atom is 0.387 e. The van der Waals surface area contributed by atoms with Crippen LogP contribution in [0.4, 0.5) is 8.78 Å². The molecule has 1 aliphatic rings. The lowest BCUT2D eigenvalue weighted by molar-refractivity contribution is -0.139. The smallest absolute Gasteiger partial charge is 0.387 e. The van der Waals surface area contributed by atoms with E-state index in [4.69, 9.17) is 19.3 Å². The molecule has 1 aliphatic heterocycles. The van der Waals surface area contributed by atoms with E-state index in [0.717, 1.165) is 0 Å². The summed E-state index contributed by atoms with van der Waals surface area (Å²) in [6.45, 7) is -3.48. The number of esters is 1. The van der Waals surface area contributed by atoms with Gasteiger partial charge in [-0.25, -0.2) is 14.6 Å². The number of cyclic esters (lactones) is 1. The molecular formula is C20H15F2NO7. The molecule has 0 aliphatic carbocycles. The number of carboxylic acid groups (broad SMARTS) is 1. The first-order valence-corrected chi connectivity index (χ1v) is 8.46. The Labute approximate surface area is 169 Å². The number of hydrogen-bond acceptors (Lipinski definition) is 7. The summed E-state index contributed by atoms with van der Waals surface area (Å²) in [4.78, 5) is 26.8. The third kappa shape index (κ3) is 5.10. The van der Waals surface area contributed by atoms with E-state index in [1.807, 2.05) is 0 Å². The lowest BCUT2D eigenvalue weighted by Crippen LogP contribution is -2.09. The Morgan fingerprint density at radius 1 is 1.20 bits per heavy atom. The van der Waals surface area contributed by atoms with E-state index in [-0.39, 0.29) is 23.1 Å². The number of hydrogen-bond donors (Lipinski definition) is 1. The summed E-state index contributed by atoms with van der Waals surface area (Å²) in [6, 6.07) is 10.4. The SMILES string of the molecule is COc1cc(C2=N/C(=C\c3ccc(OCC(=O)O)cc3)C(=O)O2)ccc1OC(F)F. The van der Waals surface area contributed by atoms with Crippen LogP contribution < -0.4 is 14.2 Å². The molecule has 1 N–H and O–H groups in total. The van der Waals surface area contributed by atoms with Crippen LogP contribution in [0, 0.1) is 0 Å². The number of aliphatic carboxylic acids is 1. The van der Waals surface area contributed by atoms with Gasteiger partial charge in [-0.15, -0.1) is 0 Å². The summed E-state index contributed by atoms with van der Waals surface area (Å²) in [7, 11) is 1.29. The number of aliphatic imine (C=N–C) groups is 1. The third-order valence-corrected chi connectivity index (χ3v) is 3.79. The molecule has 30 heavy (non-hydrogen) atoms. The highest BCUT2D eigenvalue weighted by Crippen LogP contribution is 2.31. The van der Waals surface area contributed by atoms with E-state index in [2.05, 4.69) is 9.73 Å². The Morgan fingerprint density at radius 2 is 1.93 bits per heavy atom. The molecule has 0 saturated carbocycles. The van der Waals surface area contributed by atoms with Crippen LogP contribution in [-0.4, -0.2) is 43.3 Å². The van der Waals surface area contributed by atoms with Crippen molar-refractivity contribution in [3.63, 3.8) is 0 Å². The van der Waals surface area contributed by atoms with Gasteiger partial charge < -0.3 is 24.1 Å². The average Bonchev–Trinajstić information content (AvgIpc) is 3.07. The number of halogens is 2. The molecule has 0 amide bonds. The van der Waals surface area contributed by atoms with Crippen LogP contribution in [0.15, 0.2) is 53.2 Å². The number of ether oxygens (including phenoxy) is 4. The molecule has 0 fully saturated rings. The Bertz CT molecular complexity index is 1020. The van der Waals surface area contributed by atoms with Gasteiger partial charge in [-0.05, 0) is 42.0 Å². The number of benzene rings is 2. The number of alkyl halides is 2. The molecule has 0 radical (unpaired) electrons. The lowest BCUT2D eigenvalue weighted by atomic mass is 10.2. The maximum atomic E-state index is 12.4. The van der Waals surface area contributed by atoms with Crippen LogP contribution in [0.3, 0.4) is 0 Å². The molecule has 2 aromatic rings. The fraction of sp³-hybridized carbons (Fsp3) is 0.150. The summed E-state index contributed by atoms with van der Waals surface area (Å²) in [5.41, 5.74) is 0.964. The number of carbonyl (C=O) groups excluding carboxylic acids is 1. The predicted octanol–water partition coefficient (Wildman–Crippen LogP) is 3.10. The van der Waals surface area contributed by atoms with Gasteiger partial charge in [0, 0.05) is 5.56 Å². The van der Waals surface area contributed by atoms with E-state index in [1.54, 1.807) is 24.3 Å². The second kappa shape index (κ2) is 9.03. The van der Waals surface area contributed by atoms with Crippen LogP contribution in [0.1, 0.15) is 11.1 Å². The summed E-state index contributed by atoms with van der Waals surface area (Å²) in [5, 5.41) is 8.60. The first kappa shape index (κ1) is 20.8. The van der Waals surface area contributed by atoms with E-state index >= 15 is 0 Å². The molecule has 8 nitrogen and oxygen atoms in total. The third-order valence-electron chi connectivity index (χ3n) is 3.79. The largest absolute Gasteiger partial charge is 0.493 e. The molecule has 0 spiro atoms. The van der Waals surface area contributed by atoms with Crippen molar-refractivity contribution >= 4 is 23.9 Å². The molecule has 2 aromatic carbocycles. The molecule has 0 unspecified atom stereocenters. The number of carbonyl (C=O) groups is 2.